The van der Waals surface area contributed by atoms with Crippen molar-refractivity contribution in [2.24, 2.45) is 5.92 Å². The molecule has 1 saturated carbocycles. The third-order valence-corrected chi connectivity index (χ3v) is 4.95. The molecule has 0 saturated heterocycles. The lowest BCUT2D eigenvalue weighted by molar-refractivity contribution is -0.125. The quantitative estimate of drug-likeness (QED) is 0.656. The fourth-order valence-corrected chi connectivity index (χ4v) is 3.61. The molecule has 1 aliphatic carbocycles. The summed E-state index contributed by atoms with van der Waals surface area (Å²) < 4.78 is 0. The van der Waals surface area contributed by atoms with Crippen molar-refractivity contribution in [3.8, 4) is 0 Å². The summed E-state index contributed by atoms with van der Waals surface area (Å²) >= 11 is 0. The number of hydrogen-bond donors (Lipinski definition) is 1. The molecule has 0 bridgehead atoms. The van der Waals surface area contributed by atoms with Crippen LogP contribution < -0.4 is 5.73 Å². The van der Waals surface area contributed by atoms with E-state index in [0.29, 0.717) is 29.9 Å². The van der Waals surface area contributed by atoms with E-state index in [1.54, 1.807) is 24.3 Å². The first-order chi connectivity index (χ1) is 11.6. The van der Waals surface area contributed by atoms with E-state index < -0.39 is 0 Å². The van der Waals surface area contributed by atoms with E-state index in [1.807, 2.05) is 30.3 Å². The summed E-state index contributed by atoms with van der Waals surface area (Å²) in [4.78, 5) is 25.2. The lowest BCUT2D eigenvalue weighted by Gasteiger charge is -2.29. The average Bonchev–Trinajstić information content (AvgIpc) is 2.61. The number of Topliss-reactive ketones (excluding diaryl/α,β-unsaturated/α-hetero) is 2. The van der Waals surface area contributed by atoms with Crippen LogP contribution >= 0.6 is 0 Å². The van der Waals surface area contributed by atoms with E-state index in [4.69, 9.17) is 5.73 Å². The summed E-state index contributed by atoms with van der Waals surface area (Å²) in [6.45, 7) is 0. The summed E-state index contributed by atoms with van der Waals surface area (Å²) in [5, 5.41) is 0. The van der Waals surface area contributed by atoms with Crippen molar-refractivity contribution >= 4 is 17.3 Å². The minimum atomic E-state index is -0.0427. The summed E-state index contributed by atoms with van der Waals surface area (Å²) in [7, 11) is 0. The van der Waals surface area contributed by atoms with E-state index in [9.17, 15) is 9.59 Å². The second kappa shape index (κ2) is 7.43. The smallest absolute Gasteiger partial charge is 0.163 e. The molecule has 1 aliphatic rings. The molecule has 2 atom stereocenters. The van der Waals surface area contributed by atoms with Crippen molar-refractivity contribution in [1.29, 1.82) is 0 Å². The van der Waals surface area contributed by atoms with Crippen molar-refractivity contribution in [1.82, 2.24) is 0 Å². The van der Waals surface area contributed by atoms with Crippen molar-refractivity contribution in [2.45, 2.75) is 38.0 Å². The van der Waals surface area contributed by atoms with Gasteiger partial charge in [0.1, 0.15) is 5.78 Å². The molecule has 0 spiro atoms. The van der Waals surface area contributed by atoms with Gasteiger partial charge in [0.2, 0.25) is 0 Å². The van der Waals surface area contributed by atoms with Crippen molar-refractivity contribution < 1.29 is 9.59 Å². The lowest BCUT2D eigenvalue weighted by Crippen LogP contribution is -2.27. The highest BCUT2D eigenvalue weighted by Crippen LogP contribution is 2.37. The van der Waals surface area contributed by atoms with Gasteiger partial charge in [-0.15, -0.1) is 0 Å². The van der Waals surface area contributed by atoms with Crippen molar-refractivity contribution in [2.75, 3.05) is 5.73 Å². The third-order valence-electron chi connectivity index (χ3n) is 4.95. The molecule has 1 fully saturated rings. The lowest BCUT2D eigenvalue weighted by atomic mass is 9.73. The molecule has 3 rings (SSSR count). The van der Waals surface area contributed by atoms with Crippen LogP contribution in [0.15, 0.2) is 54.6 Å². The molecule has 2 aromatic carbocycles. The van der Waals surface area contributed by atoms with Crippen LogP contribution in [0.1, 0.15) is 53.9 Å². The fraction of sp³-hybridized carbons (Fsp3) is 0.333. The van der Waals surface area contributed by atoms with Gasteiger partial charge in [-0.25, -0.2) is 0 Å². The highest BCUT2D eigenvalue weighted by atomic mass is 16.1. The van der Waals surface area contributed by atoms with Gasteiger partial charge in [0.25, 0.3) is 0 Å². The van der Waals surface area contributed by atoms with E-state index in [2.05, 4.69) is 0 Å². The van der Waals surface area contributed by atoms with Crippen LogP contribution in [0.3, 0.4) is 0 Å². The Morgan fingerprint density at radius 1 is 1.04 bits per heavy atom. The average molecular weight is 321 g/mol. The van der Waals surface area contributed by atoms with E-state index in [0.717, 1.165) is 24.8 Å². The highest BCUT2D eigenvalue weighted by molar-refractivity contribution is 5.97. The second-order valence-electron chi connectivity index (χ2n) is 6.59. The van der Waals surface area contributed by atoms with Crippen LogP contribution in [0, 0.1) is 5.92 Å². The number of carbonyl (C=O) groups excluding carboxylic acids is 2. The van der Waals surface area contributed by atoms with Gasteiger partial charge in [-0.1, -0.05) is 36.8 Å². The molecule has 24 heavy (non-hydrogen) atoms. The number of ketones is 2. The maximum absolute atomic E-state index is 12.7. The van der Waals surface area contributed by atoms with Crippen LogP contribution in [-0.2, 0) is 4.79 Å². The highest BCUT2D eigenvalue weighted by Gasteiger charge is 2.32. The molecule has 0 aromatic heterocycles. The summed E-state index contributed by atoms with van der Waals surface area (Å²) in [5.41, 5.74) is 8.09. The molecular formula is C21H23NO2. The minimum absolute atomic E-state index is 0.0379. The topological polar surface area (TPSA) is 60.2 Å². The number of rotatable bonds is 5. The number of nitrogen functional groups attached to an aromatic ring is 1. The summed E-state index contributed by atoms with van der Waals surface area (Å²) in [6.07, 6.45) is 3.93. The number of benzene rings is 2. The zero-order valence-electron chi connectivity index (χ0n) is 13.8. The van der Waals surface area contributed by atoms with Crippen LogP contribution in [0.2, 0.25) is 0 Å². The first-order valence-electron chi connectivity index (χ1n) is 8.61. The zero-order valence-corrected chi connectivity index (χ0v) is 13.8. The van der Waals surface area contributed by atoms with Gasteiger partial charge >= 0.3 is 0 Å². The van der Waals surface area contributed by atoms with Crippen LogP contribution in [0.5, 0.6) is 0 Å². The predicted molar refractivity (Wildman–Crippen MR) is 95.9 cm³/mol. The number of nitrogens with two attached hydrogens (primary N) is 1. The molecule has 0 amide bonds. The number of hydrogen-bond acceptors (Lipinski definition) is 3. The normalized spacial score (nSPS) is 19.0. The van der Waals surface area contributed by atoms with Crippen molar-refractivity contribution in [3.63, 3.8) is 0 Å². The zero-order chi connectivity index (χ0) is 16.9. The van der Waals surface area contributed by atoms with Gasteiger partial charge in [0.15, 0.2) is 5.78 Å². The summed E-state index contributed by atoms with van der Waals surface area (Å²) in [6, 6.07) is 17.0. The van der Waals surface area contributed by atoms with Gasteiger partial charge in [0, 0.05) is 35.9 Å². The molecule has 3 heteroatoms. The van der Waals surface area contributed by atoms with E-state index >= 15 is 0 Å². The van der Waals surface area contributed by atoms with Crippen LogP contribution in [-0.4, -0.2) is 11.6 Å². The van der Waals surface area contributed by atoms with Gasteiger partial charge in [-0.05, 0) is 42.7 Å². The van der Waals surface area contributed by atoms with Crippen molar-refractivity contribution in [3.05, 3.63) is 65.7 Å². The Kier molecular flexibility index (Phi) is 5.09. The Balaban J connectivity index is 1.85. The minimum Gasteiger partial charge on any atom is -0.399 e. The predicted octanol–water partition coefficient (Wildman–Crippen LogP) is 4.38. The Labute approximate surface area is 142 Å². The van der Waals surface area contributed by atoms with Crippen LogP contribution in [0.4, 0.5) is 5.69 Å². The van der Waals surface area contributed by atoms with Crippen LogP contribution in [0.25, 0.3) is 0 Å². The van der Waals surface area contributed by atoms with Gasteiger partial charge < -0.3 is 5.73 Å². The Morgan fingerprint density at radius 2 is 1.75 bits per heavy atom. The maximum Gasteiger partial charge on any atom is 0.163 e. The molecule has 0 unspecified atom stereocenters. The van der Waals surface area contributed by atoms with Gasteiger partial charge in [0.05, 0.1) is 0 Å². The standard InChI is InChI=1S/C21H23NO2/c22-17-12-10-16(11-13-17)21(24)14-19(15-6-2-1-3-7-15)18-8-4-5-9-20(18)23/h1-3,6-7,10-13,18-19H,4-5,8-9,14,22H2/t18-,19-/m0/s1. The largest absolute Gasteiger partial charge is 0.399 e. The van der Waals surface area contributed by atoms with E-state index in [-0.39, 0.29) is 17.6 Å². The monoisotopic (exact) mass is 321 g/mol. The number of carbonyl (C=O) groups is 2. The SMILES string of the molecule is Nc1ccc(C(=O)C[C@@H](c2ccccc2)[C@@H]2CCCCC2=O)cc1. The second-order valence-corrected chi connectivity index (χ2v) is 6.59. The molecule has 3 nitrogen and oxygen atoms in total. The molecule has 124 valence electrons. The first kappa shape index (κ1) is 16.4. The molecule has 0 heterocycles. The Morgan fingerprint density at radius 3 is 2.42 bits per heavy atom. The molecular weight excluding hydrogens is 298 g/mol. The number of anilines is 1. The Hall–Kier alpha value is -2.42. The maximum atomic E-state index is 12.7. The third kappa shape index (κ3) is 3.73. The summed E-state index contributed by atoms with van der Waals surface area (Å²) in [5.74, 6) is 0.297. The molecule has 2 N–H and O–H groups in total. The fourth-order valence-electron chi connectivity index (χ4n) is 3.61. The van der Waals surface area contributed by atoms with E-state index in [1.165, 1.54) is 0 Å². The molecule has 0 radical (unpaired) electrons. The first-order valence-corrected chi connectivity index (χ1v) is 8.61. The van der Waals surface area contributed by atoms with Gasteiger partial charge in [-0.2, -0.15) is 0 Å². The Bertz CT molecular complexity index is 706. The molecule has 2 aromatic rings. The molecule has 0 aliphatic heterocycles. The van der Waals surface area contributed by atoms with Gasteiger partial charge in [-0.3, -0.25) is 9.59 Å².